The Morgan fingerprint density at radius 1 is 1.00 bits per heavy atom. The van der Waals surface area contributed by atoms with Crippen molar-refractivity contribution in [3.63, 3.8) is 0 Å². The SMILES string of the molecule is CNC(CCC1CCCO1)C1CCCCCCC1. The summed E-state index contributed by atoms with van der Waals surface area (Å²) in [7, 11) is 2.15. The Morgan fingerprint density at radius 2 is 1.72 bits per heavy atom. The van der Waals surface area contributed by atoms with Gasteiger partial charge in [0.05, 0.1) is 6.10 Å². The Hall–Kier alpha value is -0.0800. The summed E-state index contributed by atoms with van der Waals surface area (Å²) in [6.45, 7) is 0.998. The zero-order valence-corrected chi connectivity index (χ0v) is 12.1. The van der Waals surface area contributed by atoms with Crippen LogP contribution in [0.3, 0.4) is 0 Å². The van der Waals surface area contributed by atoms with Crippen LogP contribution in [0.5, 0.6) is 0 Å². The van der Waals surface area contributed by atoms with Crippen molar-refractivity contribution in [2.75, 3.05) is 13.7 Å². The molecule has 2 atom stereocenters. The van der Waals surface area contributed by atoms with Gasteiger partial charge in [-0.2, -0.15) is 0 Å². The summed E-state index contributed by atoms with van der Waals surface area (Å²) in [6, 6.07) is 0.729. The van der Waals surface area contributed by atoms with Gasteiger partial charge in [0.2, 0.25) is 0 Å². The zero-order chi connectivity index (χ0) is 12.6. The molecule has 0 aromatic carbocycles. The van der Waals surface area contributed by atoms with Crippen molar-refractivity contribution < 1.29 is 4.74 Å². The minimum Gasteiger partial charge on any atom is -0.378 e. The first-order chi connectivity index (χ1) is 8.90. The molecular weight excluding hydrogens is 222 g/mol. The van der Waals surface area contributed by atoms with Crippen LogP contribution in [0.15, 0.2) is 0 Å². The maximum Gasteiger partial charge on any atom is 0.0576 e. The summed E-state index contributed by atoms with van der Waals surface area (Å²) >= 11 is 0. The molecule has 0 bridgehead atoms. The highest BCUT2D eigenvalue weighted by Gasteiger charge is 2.23. The minimum atomic E-state index is 0.564. The molecule has 1 heterocycles. The molecule has 2 nitrogen and oxygen atoms in total. The van der Waals surface area contributed by atoms with E-state index in [9.17, 15) is 0 Å². The predicted octanol–water partition coefficient (Wildman–Crippen LogP) is 3.89. The van der Waals surface area contributed by atoms with Gasteiger partial charge in [-0.3, -0.25) is 0 Å². The third-order valence-corrected chi connectivity index (χ3v) is 4.91. The van der Waals surface area contributed by atoms with E-state index in [1.807, 2.05) is 0 Å². The molecule has 2 unspecified atom stereocenters. The topological polar surface area (TPSA) is 21.3 Å². The van der Waals surface area contributed by atoms with Crippen molar-refractivity contribution in [1.29, 1.82) is 0 Å². The third-order valence-electron chi connectivity index (χ3n) is 4.91. The number of hydrogen-bond acceptors (Lipinski definition) is 2. The van der Waals surface area contributed by atoms with Crippen molar-refractivity contribution in [2.24, 2.45) is 5.92 Å². The van der Waals surface area contributed by atoms with Crippen LogP contribution in [0.2, 0.25) is 0 Å². The fourth-order valence-electron chi connectivity index (χ4n) is 3.74. The Kier molecular flexibility index (Phi) is 6.50. The molecule has 0 amide bonds. The van der Waals surface area contributed by atoms with Crippen LogP contribution in [-0.2, 0) is 4.74 Å². The summed E-state index contributed by atoms with van der Waals surface area (Å²) in [5.41, 5.74) is 0. The Morgan fingerprint density at radius 3 is 2.33 bits per heavy atom. The fourth-order valence-corrected chi connectivity index (χ4v) is 3.74. The standard InChI is InChI=1S/C16H31NO/c1-17-16(12-11-15-10-7-13-18-15)14-8-5-3-2-4-6-9-14/h14-17H,2-13H2,1H3. The van der Waals surface area contributed by atoms with Crippen LogP contribution in [0.25, 0.3) is 0 Å². The maximum atomic E-state index is 5.75. The number of nitrogens with one attached hydrogen (secondary N) is 1. The second-order valence-electron chi connectivity index (χ2n) is 6.21. The van der Waals surface area contributed by atoms with E-state index >= 15 is 0 Å². The molecule has 2 fully saturated rings. The van der Waals surface area contributed by atoms with E-state index < -0.39 is 0 Å². The van der Waals surface area contributed by atoms with Gasteiger partial charge in [-0.1, -0.05) is 32.1 Å². The summed E-state index contributed by atoms with van der Waals surface area (Å²) in [4.78, 5) is 0. The van der Waals surface area contributed by atoms with E-state index in [0.717, 1.165) is 18.6 Å². The lowest BCUT2D eigenvalue weighted by atomic mass is 9.83. The minimum absolute atomic E-state index is 0.564. The second-order valence-corrected chi connectivity index (χ2v) is 6.21. The van der Waals surface area contributed by atoms with Gasteiger partial charge in [0.15, 0.2) is 0 Å². The number of rotatable bonds is 5. The predicted molar refractivity (Wildman–Crippen MR) is 76.9 cm³/mol. The molecule has 18 heavy (non-hydrogen) atoms. The van der Waals surface area contributed by atoms with Gasteiger partial charge in [-0.25, -0.2) is 0 Å². The molecule has 2 heteroatoms. The van der Waals surface area contributed by atoms with Gasteiger partial charge in [-0.05, 0) is 51.5 Å². The van der Waals surface area contributed by atoms with Gasteiger partial charge in [0.1, 0.15) is 0 Å². The lowest BCUT2D eigenvalue weighted by Gasteiger charge is -2.29. The van der Waals surface area contributed by atoms with E-state index in [4.69, 9.17) is 4.74 Å². The van der Waals surface area contributed by atoms with E-state index in [2.05, 4.69) is 12.4 Å². The van der Waals surface area contributed by atoms with E-state index in [1.165, 1.54) is 70.6 Å². The van der Waals surface area contributed by atoms with Gasteiger partial charge in [0.25, 0.3) is 0 Å². The van der Waals surface area contributed by atoms with Crippen LogP contribution in [0.4, 0.5) is 0 Å². The Balaban J connectivity index is 1.74. The first-order valence-corrected chi connectivity index (χ1v) is 8.19. The molecule has 106 valence electrons. The van der Waals surface area contributed by atoms with Crippen molar-refractivity contribution in [1.82, 2.24) is 5.32 Å². The molecule has 2 rings (SSSR count). The number of ether oxygens (including phenoxy) is 1. The number of hydrogen-bond donors (Lipinski definition) is 1. The van der Waals surface area contributed by atoms with Crippen LogP contribution in [0.1, 0.15) is 70.6 Å². The smallest absolute Gasteiger partial charge is 0.0576 e. The molecule has 1 aliphatic carbocycles. The van der Waals surface area contributed by atoms with E-state index in [1.54, 1.807) is 0 Å². The molecule has 0 radical (unpaired) electrons. The molecular formula is C16H31NO. The quantitative estimate of drug-likeness (QED) is 0.802. The molecule has 1 N–H and O–H groups in total. The highest BCUT2D eigenvalue weighted by Crippen LogP contribution is 2.28. The average Bonchev–Trinajstić information content (AvgIpc) is 2.84. The van der Waals surface area contributed by atoms with Crippen LogP contribution in [0, 0.1) is 5.92 Å². The van der Waals surface area contributed by atoms with Crippen molar-refractivity contribution in [3.8, 4) is 0 Å². The monoisotopic (exact) mass is 253 g/mol. The molecule has 0 aromatic rings. The van der Waals surface area contributed by atoms with Crippen molar-refractivity contribution >= 4 is 0 Å². The first kappa shape index (κ1) is 14.3. The van der Waals surface area contributed by atoms with Crippen molar-refractivity contribution in [3.05, 3.63) is 0 Å². The van der Waals surface area contributed by atoms with E-state index in [-0.39, 0.29) is 0 Å². The molecule has 2 aliphatic rings. The highest BCUT2D eigenvalue weighted by molar-refractivity contribution is 4.79. The zero-order valence-electron chi connectivity index (χ0n) is 12.1. The molecule has 0 aromatic heterocycles. The van der Waals surface area contributed by atoms with Gasteiger partial charge >= 0.3 is 0 Å². The van der Waals surface area contributed by atoms with Gasteiger partial charge < -0.3 is 10.1 Å². The molecule has 1 aliphatic heterocycles. The second kappa shape index (κ2) is 8.16. The normalized spacial score (nSPS) is 28.8. The van der Waals surface area contributed by atoms with Crippen LogP contribution in [-0.4, -0.2) is 25.8 Å². The third kappa shape index (κ3) is 4.55. The molecule has 0 spiro atoms. The fraction of sp³-hybridized carbons (Fsp3) is 1.00. The van der Waals surface area contributed by atoms with Crippen LogP contribution < -0.4 is 5.32 Å². The summed E-state index contributed by atoms with van der Waals surface area (Å²) in [5.74, 6) is 0.914. The summed E-state index contributed by atoms with van der Waals surface area (Å²) in [5, 5.41) is 3.59. The van der Waals surface area contributed by atoms with Gasteiger partial charge in [0, 0.05) is 12.6 Å². The van der Waals surface area contributed by atoms with Crippen molar-refractivity contribution in [2.45, 2.75) is 82.8 Å². The van der Waals surface area contributed by atoms with E-state index in [0.29, 0.717) is 6.10 Å². The summed E-state index contributed by atoms with van der Waals surface area (Å²) < 4.78 is 5.75. The Labute approximate surface area is 113 Å². The summed E-state index contributed by atoms with van der Waals surface area (Å²) in [6.07, 6.45) is 15.9. The highest BCUT2D eigenvalue weighted by atomic mass is 16.5. The molecule has 1 saturated heterocycles. The Bertz CT molecular complexity index is 205. The van der Waals surface area contributed by atoms with Gasteiger partial charge in [-0.15, -0.1) is 0 Å². The largest absolute Gasteiger partial charge is 0.378 e. The van der Waals surface area contributed by atoms with Crippen LogP contribution >= 0.6 is 0 Å². The first-order valence-electron chi connectivity index (χ1n) is 8.19. The lowest BCUT2D eigenvalue weighted by molar-refractivity contribution is 0.0965. The molecule has 1 saturated carbocycles. The maximum absolute atomic E-state index is 5.75. The average molecular weight is 253 g/mol. The lowest BCUT2D eigenvalue weighted by Crippen LogP contribution is -2.34.